The van der Waals surface area contributed by atoms with Crippen LogP contribution in [-0.2, 0) is 14.8 Å². The van der Waals surface area contributed by atoms with E-state index in [1.807, 2.05) is 25.8 Å². The number of nitrogens with zero attached hydrogens (tertiary/aromatic N) is 3. The summed E-state index contributed by atoms with van der Waals surface area (Å²) in [6.45, 7) is 7.78. The van der Waals surface area contributed by atoms with Crippen molar-refractivity contribution in [1.29, 1.82) is 0 Å². The number of hydrogen-bond donors (Lipinski definition) is 0. The third kappa shape index (κ3) is 4.90. The van der Waals surface area contributed by atoms with E-state index in [1.54, 1.807) is 36.4 Å². The zero-order valence-electron chi connectivity index (χ0n) is 15.2. The number of benzene rings is 1. The van der Waals surface area contributed by atoms with E-state index in [0.29, 0.717) is 13.1 Å². The Morgan fingerprint density at radius 3 is 2.16 bits per heavy atom. The van der Waals surface area contributed by atoms with Crippen LogP contribution in [0.2, 0.25) is 0 Å². The zero-order valence-corrected chi connectivity index (χ0v) is 16.0. The lowest BCUT2D eigenvalue weighted by Gasteiger charge is -2.31. The second kappa shape index (κ2) is 8.60. The topological polar surface area (TPSA) is 60.9 Å². The number of carbonyl (C=O) groups excluding carboxylic acids is 1. The van der Waals surface area contributed by atoms with Gasteiger partial charge in [-0.1, -0.05) is 26.0 Å². The Kier molecular flexibility index (Phi) is 6.75. The molecule has 1 aliphatic rings. The molecule has 138 valence electrons. The van der Waals surface area contributed by atoms with Crippen molar-refractivity contribution in [3.63, 3.8) is 0 Å². The fourth-order valence-electron chi connectivity index (χ4n) is 2.76. The van der Waals surface area contributed by atoms with Crippen molar-refractivity contribution in [2.24, 2.45) is 0 Å². The number of rotatable bonds is 6. The number of hydrogen-bond acceptors (Lipinski definition) is 4. The van der Waals surface area contributed by atoms with Gasteiger partial charge in [0.25, 0.3) is 0 Å². The van der Waals surface area contributed by atoms with E-state index in [-0.39, 0.29) is 10.8 Å². The molecule has 0 N–H and O–H groups in total. The van der Waals surface area contributed by atoms with Gasteiger partial charge < -0.3 is 9.80 Å². The number of likely N-dealkylation sites (N-methyl/N-ethyl adjacent to an activating group) is 1. The molecule has 0 bridgehead atoms. The minimum Gasteiger partial charge on any atom is -0.337 e. The van der Waals surface area contributed by atoms with E-state index < -0.39 is 10.0 Å². The lowest BCUT2D eigenvalue weighted by molar-refractivity contribution is -0.127. The van der Waals surface area contributed by atoms with Crippen LogP contribution in [0.1, 0.15) is 19.4 Å². The van der Waals surface area contributed by atoms with Crippen LogP contribution in [0.3, 0.4) is 0 Å². The standard InChI is InChI=1S/C18H27N3O3S/c1-4-21(5-2)25(23,24)17-9-6-16(7-10-17)8-11-18(22)20-14-12-19(3)13-15-20/h6-11H,4-5,12-15H2,1-3H3. The zero-order chi connectivity index (χ0) is 18.4. The Morgan fingerprint density at radius 1 is 1.08 bits per heavy atom. The van der Waals surface area contributed by atoms with Crippen LogP contribution < -0.4 is 0 Å². The van der Waals surface area contributed by atoms with Crippen molar-refractivity contribution in [3.8, 4) is 0 Å². The Balaban J connectivity index is 2.04. The Labute approximate surface area is 150 Å². The summed E-state index contributed by atoms with van der Waals surface area (Å²) in [5.74, 6) is -0.00654. The van der Waals surface area contributed by atoms with E-state index >= 15 is 0 Å². The van der Waals surface area contributed by atoms with Crippen LogP contribution in [0.25, 0.3) is 6.08 Å². The fourth-order valence-corrected chi connectivity index (χ4v) is 4.22. The predicted octanol–water partition coefficient (Wildman–Crippen LogP) is 1.50. The molecule has 0 radical (unpaired) electrons. The van der Waals surface area contributed by atoms with E-state index in [2.05, 4.69) is 4.90 Å². The summed E-state index contributed by atoms with van der Waals surface area (Å²) < 4.78 is 26.3. The van der Waals surface area contributed by atoms with Gasteiger partial charge in [-0.25, -0.2) is 8.42 Å². The van der Waals surface area contributed by atoms with Crippen LogP contribution >= 0.6 is 0 Å². The first-order chi connectivity index (χ1) is 11.9. The van der Waals surface area contributed by atoms with Crippen LogP contribution in [0, 0.1) is 0 Å². The molecule has 7 heteroatoms. The Hall–Kier alpha value is -1.70. The average Bonchev–Trinajstić information content (AvgIpc) is 2.61. The van der Waals surface area contributed by atoms with Gasteiger partial charge in [-0.05, 0) is 30.8 Å². The molecule has 1 fully saturated rings. The summed E-state index contributed by atoms with van der Waals surface area (Å²) in [4.78, 5) is 16.5. The van der Waals surface area contributed by atoms with Gasteiger partial charge in [-0.2, -0.15) is 4.31 Å². The number of carbonyl (C=O) groups is 1. The average molecular weight is 365 g/mol. The maximum Gasteiger partial charge on any atom is 0.246 e. The molecule has 2 rings (SSSR count). The van der Waals surface area contributed by atoms with Gasteiger partial charge in [0.1, 0.15) is 0 Å². The van der Waals surface area contributed by atoms with Crippen LogP contribution in [0.4, 0.5) is 0 Å². The highest BCUT2D eigenvalue weighted by atomic mass is 32.2. The molecule has 1 saturated heterocycles. The van der Waals surface area contributed by atoms with Gasteiger partial charge in [-0.3, -0.25) is 4.79 Å². The number of amides is 1. The summed E-state index contributed by atoms with van der Waals surface area (Å²) in [7, 11) is -1.40. The first-order valence-corrected chi connectivity index (χ1v) is 10.1. The lowest BCUT2D eigenvalue weighted by atomic mass is 10.2. The van der Waals surface area contributed by atoms with E-state index in [4.69, 9.17) is 0 Å². The number of sulfonamides is 1. The second-order valence-corrected chi connectivity index (χ2v) is 8.06. The van der Waals surface area contributed by atoms with Gasteiger partial charge >= 0.3 is 0 Å². The minimum absolute atomic E-state index is 0.00654. The molecule has 0 unspecified atom stereocenters. The normalized spacial score (nSPS) is 16.7. The number of piperazine rings is 1. The van der Waals surface area contributed by atoms with Crippen LogP contribution in [0.15, 0.2) is 35.2 Å². The van der Waals surface area contributed by atoms with Crippen LogP contribution in [-0.4, -0.2) is 74.7 Å². The summed E-state index contributed by atoms with van der Waals surface area (Å²) in [6, 6.07) is 6.63. The molecule has 6 nitrogen and oxygen atoms in total. The van der Waals surface area contributed by atoms with Gasteiger partial charge in [0, 0.05) is 45.3 Å². The molecule has 1 amide bonds. The Morgan fingerprint density at radius 2 is 1.64 bits per heavy atom. The maximum absolute atomic E-state index is 12.4. The quantitative estimate of drug-likeness (QED) is 0.717. The molecular weight excluding hydrogens is 338 g/mol. The summed E-state index contributed by atoms with van der Waals surface area (Å²) in [5.41, 5.74) is 0.806. The Bertz CT molecular complexity index is 702. The first-order valence-electron chi connectivity index (χ1n) is 8.64. The van der Waals surface area contributed by atoms with Crippen molar-refractivity contribution in [3.05, 3.63) is 35.9 Å². The van der Waals surface area contributed by atoms with Crippen molar-refractivity contribution < 1.29 is 13.2 Å². The largest absolute Gasteiger partial charge is 0.337 e. The molecule has 1 heterocycles. The van der Waals surface area contributed by atoms with Gasteiger partial charge in [-0.15, -0.1) is 0 Å². The maximum atomic E-state index is 12.4. The summed E-state index contributed by atoms with van der Waals surface area (Å²) >= 11 is 0. The minimum atomic E-state index is -3.44. The van der Waals surface area contributed by atoms with E-state index in [9.17, 15) is 13.2 Å². The van der Waals surface area contributed by atoms with Gasteiger partial charge in [0.05, 0.1) is 4.90 Å². The SMILES string of the molecule is CCN(CC)S(=O)(=O)c1ccc(C=CC(=O)N2CCN(C)CC2)cc1. The predicted molar refractivity (Wildman–Crippen MR) is 99.7 cm³/mol. The van der Waals surface area contributed by atoms with Gasteiger partial charge in [0.2, 0.25) is 15.9 Å². The van der Waals surface area contributed by atoms with Crippen molar-refractivity contribution in [1.82, 2.24) is 14.1 Å². The molecule has 1 aromatic carbocycles. The molecule has 0 saturated carbocycles. The van der Waals surface area contributed by atoms with E-state index in [1.165, 1.54) is 4.31 Å². The fraction of sp³-hybridized carbons (Fsp3) is 0.500. The highest BCUT2D eigenvalue weighted by molar-refractivity contribution is 7.89. The lowest BCUT2D eigenvalue weighted by Crippen LogP contribution is -2.46. The molecule has 1 aliphatic heterocycles. The third-order valence-corrected chi connectivity index (χ3v) is 6.52. The van der Waals surface area contributed by atoms with E-state index in [0.717, 1.165) is 31.7 Å². The molecule has 0 aliphatic carbocycles. The molecule has 25 heavy (non-hydrogen) atoms. The molecule has 0 atom stereocenters. The highest BCUT2D eigenvalue weighted by Gasteiger charge is 2.21. The molecule has 0 spiro atoms. The van der Waals surface area contributed by atoms with Gasteiger partial charge in [0.15, 0.2) is 0 Å². The highest BCUT2D eigenvalue weighted by Crippen LogP contribution is 2.17. The van der Waals surface area contributed by atoms with Crippen molar-refractivity contribution in [2.45, 2.75) is 18.7 Å². The molecule has 0 aromatic heterocycles. The summed E-state index contributed by atoms with van der Waals surface area (Å²) in [6.07, 6.45) is 3.29. The van der Waals surface area contributed by atoms with Crippen LogP contribution in [0.5, 0.6) is 0 Å². The third-order valence-electron chi connectivity index (χ3n) is 4.46. The van der Waals surface area contributed by atoms with Crippen molar-refractivity contribution >= 4 is 22.0 Å². The molecular formula is C18H27N3O3S. The smallest absolute Gasteiger partial charge is 0.246 e. The summed E-state index contributed by atoms with van der Waals surface area (Å²) in [5, 5.41) is 0. The molecule has 1 aromatic rings. The first kappa shape index (κ1) is 19.6. The second-order valence-electron chi connectivity index (χ2n) is 6.12. The van der Waals surface area contributed by atoms with Crippen molar-refractivity contribution in [2.75, 3.05) is 46.3 Å². The monoisotopic (exact) mass is 365 g/mol.